The van der Waals surface area contributed by atoms with E-state index in [2.05, 4.69) is 10.6 Å². The van der Waals surface area contributed by atoms with Gasteiger partial charge >= 0.3 is 18.0 Å². The predicted octanol–water partition coefficient (Wildman–Crippen LogP) is 4.90. The van der Waals surface area contributed by atoms with E-state index in [4.69, 9.17) is 23.2 Å². The second-order valence-corrected chi connectivity index (χ2v) is 5.90. The van der Waals surface area contributed by atoms with Gasteiger partial charge in [-0.15, -0.1) is 0 Å². The van der Waals surface area contributed by atoms with E-state index in [9.17, 15) is 22.8 Å². The van der Waals surface area contributed by atoms with Crippen LogP contribution in [-0.2, 0) is 15.8 Å². The average molecular weight is 391 g/mol. The summed E-state index contributed by atoms with van der Waals surface area (Å²) < 4.78 is 38.4. The number of hydrogen-bond acceptors (Lipinski definition) is 2. The number of hydrogen-bond donors (Lipinski definition) is 2. The number of benzene rings is 2. The molecule has 0 aromatic heterocycles. The van der Waals surface area contributed by atoms with E-state index < -0.39 is 28.6 Å². The van der Waals surface area contributed by atoms with Crippen molar-refractivity contribution in [2.45, 2.75) is 13.1 Å². The molecule has 2 amide bonds. The number of amides is 2. The lowest BCUT2D eigenvalue weighted by atomic mass is 10.2. The molecule has 2 aromatic carbocycles. The molecule has 0 atom stereocenters. The quantitative estimate of drug-likeness (QED) is 0.716. The number of halogens is 5. The summed E-state index contributed by atoms with van der Waals surface area (Å²) in [5.74, 6) is -2.18. The first-order valence-electron chi connectivity index (χ1n) is 6.83. The van der Waals surface area contributed by atoms with E-state index >= 15 is 0 Å². The van der Waals surface area contributed by atoms with Crippen molar-refractivity contribution in [1.29, 1.82) is 0 Å². The van der Waals surface area contributed by atoms with Crippen molar-refractivity contribution in [1.82, 2.24) is 0 Å². The maximum Gasteiger partial charge on any atom is 0.417 e. The van der Waals surface area contributed by atoms with Crippen molar-refractivity contribution in [2.75, 3.05) is 10.6 Å². The molecular weight excluding hydrogens is 380 g/mol. The van der Waals surface area contributed by atoms with Gasteiger partial charge in [0.1, 0.15) is 0 Å². The SMILES string of the molecule is Cc1ccc(Cl)cc1NC(=O)C(=O)Nc1ccc(Cl)c(C(F)(F)F)c1. The van der Waals surface area contributed by atoms with Crippen LogP contribution in [0.3, 0.4) is 0 Å². The van der Waals surface area contributed by atoms with Crippen molar-refractivity contribution >= 4 is 46.4 Å². The highest BCUT2D eigenvalue weighted by Gasteiger charge is 2.33. The van der Waals surface area contributed by atoms with Gasteiger partial charge < -0.3 is 10.6 Å². The number of rotatable bonds is 2. The Kier molecular flexibility index (Phi) is 5.59. The highest BCUT2D eigenvalue weighted by atomic mass is 35.5. The molecule has 132 valence electrons. The second kappa shape index (κ2) is 7.33. The minimum atomic E-state index is -4.68. The lowest BCUT2D eigenvalue weighted by molar-refractivity contribution is -0.137. The van der Waals surface area contributed by atoms with E-state index in [0.29, 0.717) is 22.3 Å². The van der Waals surface area contributed by atoms with Crippen LogP contribution < -0.4 is 10.6 Å². The molecule has 9 heteroatoms. The third-order valence-electron chi connectivity index (χ3n) is 3.18. The van der Waals surface area contributed by atoms with Crippen molar-refractivity contribution in [2.24, 2.45) is 0 Å². The first-order chi connectivity index (χ1) is 11.6. The van der Waals surface area contributed by atoms with Gasteiger partial charge in [0.2, 0.25) is 0 Å². The lowest BCUT2D eigenvalue weighted by Crippen LogP contribution is -2.29. The fraction of sp³-hybridized carbons (Fsp3) is 0.125. The Hall–Kier alpha value is -2.25. The van der Waals surface area contributed by atoms with Gasteiger partial charge in [-0.25, -0.2) is 0 Å². The molecule has 2 N–H and O–H groups in total. The van der Waals surface area contributed by atoms with E-state index in [-0.39, 0.29) is 5.69 Å². The van der Waals surface area contributed by atoms with Gasteiger partial charge in [-0.05, 0) is 42.8 Å². The maximum atomic E-state index is 12.8. The van der Waals surface area contributed by atoms with E-state index in [1.807, 2.05) is 0 Å². The molecule has 2 rings (SSSR count). The highest BCUT2D eigenvalue weighted by Crippen LogP contribution is 2.36. The zero-order valence-corrected chi connectivity index (χ0v) is 14.2. The summed E-state index contributed by atoms with van der Waals surface area (Å²) in [5, 5.41) is 4.28. The third-order valence-corrected chi connectivity index (χ3v) is 3.75. The molecule has 25 heavy (non-hydrogen) atoms. The smallest absolute Gasteiger partial charge is 0.318 e. The zero-order chi connectivity index (χ0) is 18.8. The predicted molar refractivity (Wildman–Crippen MR) is 89.9 cm³/mol. The van der Waals surface area contributed by atoms with Gasteiger partial charge in [0.05, 0.1) is 10.6 Å². The van der Waals surface area contributed by atoms with Crippen LogP contribution in [0.4, 0.5) is 24.5 Å². The summed E-state index contributed by atoms with van der Waals surface area (Å²) in [5.41, 5.74) is -0.339. The Balaban J connectivity index is 2.14. The summed E-state index contributed by atoms with van der Waals surface area (Å²) in [7, 11) is 0. The van der Waals surface area contributed by atoms with Crippen molar-refractivity contribution < 1.29 is 22.8 Å². The van der Waals surface area contributed by atoms with Gasteiger partial charge in [0.25, 0.3) is 0 Å². The number of carbonyl (C=O) groups excluding carboxylic acids is 2. The Morgan fingerprint density at radius 2 is 1.60 bits per heavy atom. The summed E-state index contributed by atoms with van der Waals surface area (Å²) in [4.78, 5) is 23.8. The standard InChI is InChI=1S/C16H11Cl2F3N2O2/c1-8-2-3-9(17)6-13(8)23-15(25)14(24)22-10-4-5-12(18)11(7-10)16(19,20)21/h2-7H,1H3,(H,22,24)(H,23,25). The topological polar surface area (TPSA) is 58.2 Å². The minimum absolute atomic E-state index is 0.209. The monoisotopic (exact) mass is 390 g/mol. The molecular formula is C16H11Cl2F3N2O2. The minimum Gasteiger partial charge on any atom is -0.318 e. The van der Waals surface area contributed by atoms with Crippen molar-refractivity contribution in [3.8, 4) is 0 Å². The summed E-state index contributed by atoms with van der Waals surface area (Å²) in [6.45, 7) is 1.69. The lowest BCUT2D eigenvalue weighted by Gasteiger charge is -2.12. The molecule has 0 fully saturated rings. The molecule has 0 radical (unpaired) electrons. The molecule has 0 spiro atoms. The van der Waals surface area contributed by atoms with Crippen LogP contribution in [0.1, 0.15) is 11.1 Å². The van der Waals surface area contributed by atoms with E-state index in [1.54, 1.807) is 19.1 Å². The highest BCUT2D eigenvalue weighted by molar-refractivity contribution is 6.44. The van der Waals surface area contributed by atoms with Crippen LogP contribution in [0.15, 0.2) is 36.4 Å². The van der Waals surface area contributed by atoms with Crippen LogP contribution in [0.5, 0.6) is 0 Å². The third kappa shape index (κ3) is 4.87. The maximum absolute atomic E-state index is 12.8. The normalized spacial score (nSPS) is 11.1. The van der Waals surface area contributed by atoms with Crippen molar-refractivity contribution in [3.05, 3.63) is 57.6 Å². The molecule has 0 aliphatic heterocycles. The van der Waals surface area contributed by atoms with Crippen LogP contribution in [0.25, 0.3) is 0 Å². The molecule has 4 nitrogen and oxygen atoms in total. The van der Waals surface area contributed by atoms with Gasteiger partial charge in [0, 0.05) is 16.4 Å². The molecule has 2 aromatic rings. The molecule has 0 bridgehead atoms. The Bertz CT molecular complexity index is 839. The number of anilines is 2. The summed E-state index contributed by atoms with van der Waals surface area (Å²) >= 11 is 11.3. The molecule has 0 aliphatic carbocycles. The van der Waals surface area contributed by atoms with Gasteiger partial charge in [-0.1, -0.05) is 29.3 Å². The first-order valence-corrected chi connectivity index (χ1v) is 7.59. The number of nitrogens with one attached hydrogen (secondary N) is 2. The van der Waals surface area contributed by atoms with Crippen LogP contribution in [0.2, 0.25) is 10.0 Å². The average Bonchev–Trinajstić information content (AvgIpc) is 2.51. The summed E-state index contributed by atoms with van der Waals surface area (Å²) in [6, 6.07) is 7.50. The second-order valence-electron chi connectivity index (χ2n) is 5.06. The van der Waals surface area contributed by atoms with E-state index in [0.717, 1.165) is 12.1 Å². The van der Waals surface area contributed by atoms with Crippen molar-refractivity contribution in [3.63, 3.8) is 0 Å². The Morgan fingerprint density at radius 3 is 2.24 bits per heavy atom. The fourth-order valence-electron chi connectivity index (χ4n) is 1.92. The summed E-state index contributed by atoms with van der Waals surface area (Å²) in [6.07, 6.45) is -4.68. The Labute approximate surface area is 150 Å². The molecule has 0 aliphatic rings. The molecule has 0 saturated heterocycles. The van der Waals surface area contributed by atoms with E-state index in [1.165, 1.54) is 6.07 Å². The molecule has 0 unspecified atom stereocenters. The number of carbonyl (C=O) groups is 2. The zero-order valence-electron chi connectivity index (χ0n) is 12.7. The number of alkyl halides is 3. The van der Waals surface area contributed by atoms with Gasteiger partial charge in [-0.2, -0.15) is 13.2 Å². The number of aryl methyl sites for hydroxylation is 1. The largest absolute Gasteiger partial charge is 0.417 e. The van der Waals surface area contributed by atoms with Gasteiger partial charge in [-0.3, -0.25) is 9.59 Å². The fourth-order valence-corrected chi connectivity index (χ4v) is 2.31. The van der Waals surface area contributed by atoms with Crippen LogP contribution in [-0.4, -0.2) is 11.8 Å². The van der Waals surface area contributed by atoms with Crippen LogP contribution in [0, 0.1) is 6.92 Å². The first kappa shape index (κ1) is 19.1. The Morgan fingerprint density at radius 1 is 0.960 bits per heavy atom. The van der Waals surface area contributed by atoms with Crippen LogP contribution >= 0.6 is 23.2 Å². The molecule has 0 saturated carbocycles. The van der Waals surface area contributed by atoms with Gasteiger partial charge in [0.15, 0.2) is 0 Å². The molecule has 0 heterocycles.